The summed E-state index contributed by atoms with van der Waals surface area (Å²) < 4.78 is 0. The van der Waals surface area contributed by atoms with Crippen LogP contribution in [0.25, 0.3) is 0 Å². The summed E-state index contributed by atoms with van der Waals surface area (Å²) in [5.41, 5.74) is -3.15. The fraction of sp³-hybridized carbons (Fsp3) is 0. The van der Waals surface area contributed by atoms with Crippen LogP contribution in [0, 0.1) is 0 Å². The molecule has 0 radical (unpaired) electrons. The van der Waals surface area contributed by atoms with Gasteiger partial charge < -0.3 is 25.9 Å². The molecule has 20 heavy (non-hydrogen) atoms. The number of carbonyl (C=O) groups is 4. The van der Waals surface area contributed by atoms with Gasteiger partial charge in [-0.3, -0.25) is 0 Å². The van der Waals surface area contributed by atoms with E-state index in [-0.39, 0.29) is 27.2 Å². The molecule has 106 valence electrons. The third-order valence-corrected chi connectivity index (χ3v) is 2.08. The maximum absolute atomic E-state index is 10.8. The minimum absolute atomic E-state index is 0. The predicted octanol–water partition coefficient (Wildman–Crippen LogP) is -0.348. The molecule has 0 amide bonds. The van der Waals surface area contributed by atoms with Crippen LogP contribution in [0.3, 0.4) is 0 Å². The van der Waals surface area contributed by atoms with Gasteiger partial charge in [0.25, 0.3) is 0 Å². The Morgan fingerprint density at radius 1 is 0.600 bits per heavy atom. The largest absolute Gasteiger partial charge is 0.478 e. The van der Waals surface area contributed by atoms with Crippen LogP contribution >= 0.6 is 0 Å². The molecule has 1 aromatic rings. The fourth-order valence-corrected chi connectivity index (χ4v) is 1.31. The van der Waals surface area contributed by atoms with Gasteiger partial charge in [-0.25, -0.2) is 19.2 Å². The van der Waals surface area contributed by atoms with Crippen molar-refractivity contribution in [2.24, 2.45) is 0 Å². The standard InChI is InChI=1S/C10H6O8.H2O.Ti/c11-7(12)3-1-4(8(13)14)6(10(17)18)2-5(3)9(15)16;;/h1-2H,(H,11,12)(H,13,14)(H,15,16)(H,17,18);1H2;. The number of benzene rings is 1. The van der Waals surface area contributed by atoms with Crippen molar-refractivity contribution < 1.29 is 66.8 Å². The summed E-state index contributed by atoms with van der Waals surface area (Å²) >= 11 is 0. The first kappa shape index (κ1) is 20.1. The van der Waals surface area contributed by atoms with E-state index in [1.807, 2.05) is 0 Å². The van der Waals surface area contributed by atoms with E-state index in [2.05, 4.69) is 0 Å². The Kier molecular flexibility index (Phi) is 7.42. The number of hydrogen-bond donors (Lipinski definition) is 4. The zero-order chi connectivity index (χ0) is 14.0. The summed E-state index contributed by atoms with van der Waals surface area (Å²) in [6.07, 6.45) is 0. The Morgan fingerprint density at radius 3 is 0.850 bits per heavy atom. The molecule has 0 fully saturated rings. The second kappa shape index (κ2) is 7.38. The van der Waals surface area contributed by atoms with Crippen LogP contribution in [0.15, 0.2) is 12.1 Å². The molecule has 0 saturated heterocycles. The molecular formula is C10H8O9Ti. The second-order valence-corrected chi connectivity index (χ2v) is 3.16. The summed E-state index contributed by atoms with van der Waals surface area (Å²) in [7, 11) is 0. The van der Waals surface area contributed by atoms with E-state index in [0.717, 1.165) is 0 Å². The third-order valence-electron chi connectivity index (χ3n) is 2.08. The van der Waals surface area contributed by atoms with E-state index in [1.54, 1.807) is 0 Å². The average molecular weight is 320 g/mol. The molecule has 0 saturated carbocycles. The van der Waals surface area contributed by atoms with Crippen molar-refractivity contribution in [2.75, 3.05) is 0 Å². The summed E-state index contributed by atoms with van der Waals surface area (Å²) in [5.74, 6) is -6.64. The first-order valence-electron chi connectivity index (χ1n) is 4.37. The molecular weight excluding hydrogens is 312 g/mol. The molecule has 0 atom stereocenters. The van der Waals surface area contributed by atoms with Crippen molar-refractivity contribution in [2.45, 2.75) is 0 Å². The van der Waals surface area contributed by atoms with Crippen LogP contribution in [0.1, 0.15) is 41.4 Å². The van der Waals surface area contributed by atoms with Crippen LogP contribution in [0.4, 0.5) is 0 Å². The first-order chi connectivity index (χ1) is 8.25. The van der Waals surface area contributed by atoms with Gasteiger partial charge in [0.2, 0.25) is 0 Å². The quantitative estimate of drug-likeness (QED) is 0.543. The molecule has 1 rings (SSSR count). The molecule has 0 aliphatic heterocycles. The van der Waals surface area contributed by atoms with Crippen molar-refractivity contribution in [1.29, 1.82) is 0 Å². The Morgan fingerprint density at radius 2 is 0.750 bits per heavy atom. The minimum Gasteiger partial charge on any atom is -0.478 e. The van der Waals surface area contributed by atoms with Crippen LogP contribution in [-0.2, 0) is 21.7 Å². The van der Waals surface area contributed by atoms with E-state index >= 15 is 0 Å². The van der Waals surface area contributed by atoms with Crippen molar-refractivity contribution in [1.82, 2.24) is 0 Å². The molecule has 10 heteroatoms. The van der Waals surface area contributed by atoms with Crippen LogP contribution in [-0.4, -0.2) is 49.8 Å². The number of hydrogen-bond acceptors (Lipinski definition) is 4. The molecule has 0 aliphatic rings. The minimum atomic E-state index is -1.66. The third kappa shape index (κ3) is 3.88. The van der Waals surface area contributed by atoms with Gasteiger partial charge in [-0.05, 0) is 12.1 Å². The van der Waals surface area contributed by atoms with E-state index < -0.39 is 46.1 Å². The zero-order valence-corrected chi connectivity index (χ0v) is 11.1. The van der Waals surface area contributed by atoms with E-state index in [4.69, 9.17) is 20.4 Å². The van der Waals surface area contributed by atoms with E-state index in [0.29, 0.717) is 12.1 Å². The molecule has 1 aromatic carbocycles. The molecule has 0 aromatic heterocycles. The monoisotopic (exact) mass is 320 g/mol. The zero-order valence-electron chi connectivity index (χ0n) is 9.58. The molecule has 0 bridgehead atoms. The van der Waals surface area contributed by atoms with Gasteiger partial charge in [0.15, 0.2) is 0 Å². The maximum Gasteiger partial charge on any atom is 0.336 e. The van der Waals surface area contributed by atoms with Crippen molar-refractivity contribution in [3.05, 3.63) is 34.4 Å². The van der Waals surface area contributed by atoms with Gasteiger partial charge in [0.05, 0.1) is 22.3 Å². The van der Waals surface area contributed by atoms with Crippen molar-refractivity contribution >= 4 is 23.9 Å². The van der Waals surface area contributed by atoms with Gasteiger partial charge in [0, 0.05) is 21.7 Å². The first-order valence-corrected chi connectivity index (χ1v) is 4.37. The van der Waals surface area contributed by atoms with Gasteiger partial charge in [-0.1, -0.05) is 0 Å². The molecule has 0 spiro atoms. The Balaban J connectivity index is 0. The van der Waals surface area contributed by atoms with Crippen LogP contribution in [0.5, 0.6) is 0 Å². The normalized spacial score (nSPS) is 8.80. The van der Waals surface area contributed by atoms with Gasteiger partial charge in [-0.15, -0.1) is 0 Å². The molecule has 9 nitrogen and oxygen atoms in total. The SMILES string of the molecule is O.O=C(O)c1cc(C(=O)O)c(C(=O)O)cc1C(=O)O.[Ti]. The Hall–Kier alpha value is -2.23. The van der Waals surface area contributed by atoms with Crippen LogP contribution in [0.2, 0.25) is 0 Å². The van der Waals surface area contributed by atoms with E-state index in [1.165, 1.54) is 0 Å². The number of aromatic carboxylic acids is 4. The summed E-state index contributed by atoms with van der Waals surface area (Å²) in [5, 5.41) is 35.0. The Labute approximate surface area is 125 Å². The van der Waals surface area contributed by atoms with E-state index in [9.17, 15) is 19.2 Å². The summed E-state index contributed by atoms with van der Waals surface area (Å²) in [6, 6.07) is 1.02. The topological polar surface area (TPSA) is 181 Å². The molecule has 0 unspecified atom stereocenters. The van der Waals surface area contributed by atoms with Gasteiger partial charge >= 0.3 is 23.9 Å². The van der Waals surface area contributed by atoms with Crippen molar-refractivity contribution in [3.8, 4) is 0 Å². The molecule has 6 N–H and O–H groups in total. The summed E-state index contributed by atoms with van der Waals surface area (Å²) in [4.78, 5) is 43.1. The number of carboxylic acid groups (broad SMARTS) is 4. The van der Waals surface area contributed by atoms with Gasteiger partial charge in [0.1, 0.15) is 0 Å². The molecule has 0 heterocycles. The smallest absolute Gasteiger partial charge is 0.336 e. The Bertz CT molecular complexity index is 480. The summed E-state index contributed by atoms with van der Waals surface area (Å²) in [6.45, 7) is 0. The number of carboxylic acids is 4. The molecule has 0 aliphatic carbocycles. The number of rotatable bonds is 4. The second-order valence-electron chi connectivity index (χ2n) is 3.16. The predicted molar refractivity (Wildman–Crippen MR) is 57.9 cm³/mol. The fourth-order valence-electron chi connectivity index (χ4n) is 1.31. The van der Waals surface area contributed by atoms with Gasteiger partial charge in [-0.2, -0.15) is 0 Å². The maximum atomic E-state index is 10.8. The average Bonchev–Trinajstić information content (AvgIpc) is 2.26. The van der Waals surface area contributed by atoms with Crippen molar-refractivity contribution in [3.63, 3.8) is 0 Å². The van der Waals surface area contributed by atoms with Crippen LogP contribution < -0.4 is 0 Å².